The molecule has 0 fully saturated rings. The smallest absolute Gasteiger partial charge is 0.260 e. The van der Waals surface area contributed by atoms with Gasteiger partial charge in [-0.1, -0.05) is 50.6 Å². The summed E-state index contributed by atoms with van der Waals surface area (Å²) in [5, 5.41) is 0.685. The number of likely N-dealkylation sites (N-methyl/N-ethyl adjacent to an activating group) is 1. The molecule has 134 valence electrons. The first kappa shape index (κ1) is 19.8. The van der Waals surface area contributed by atoms with Crippen molar-refractivity contribution in [1.29, 1.82) is 0 Å². The van der Waals surface area contributed by atoms with Gasteiger partial charge in [0.05, 0.1) is 4.47 Å². The van der Waals surface area contributed by atoms with Gasteiger partial charge in [0.25, 0.3) is 5.91 Å². The number of rotatable bonds is 5. The Morgan fingerprint density at radius 3 is 2.36 bits per heavy atom. The summed E-state index contributed by atoms with van der Waals surface area (Å²) in [6.45, 7) is 6.99. The average molecular weight is 425 g/mol. The number of nitrogens with zero attached hydrogens (tertiary/aromatic N) is 1. The van der Waals surface area contributed by atoms with Gasteiger partial charge in [0.15, 0.2) is 6.61 Å². The van der Waals surface area contributed by atoms with E-state index in [9.17, 15) is 4.79 Å². The van der Waals surface area contributed by atoms with Crippen molar-refractivity contribution in [1.82, 2.24) is 4.90 Å². The molecule has 1 amide bonds. The Hall–Kier alpha value is -1.52. The van der Waals surface area contributed by atoms with Crippen molar-refractivity contribution in [2.45, 2.75) is 32.7 Å². The van der Waals surface area contributed by atoms with Gasteiger partial charge in [0.1, 0.15) is 5.75 Å². The lowest BCUT2D eigenvalue weighted by Crippen LogP contribution is -2.31. The molecule has 0 saturated heterocycles. The molecule has 3 nitrogen and oxygen atoms in total. The minimum atomic E-state index is -0.0817. The number of carbonyl (C=O) groups excluding carboxylic acids is 1. The molecule has 2 aromatic carbocycles. The first-order chi connectivity index (χ1) is 11.7. The number of hydrogen-bond donors (Lipinski definition) is 0. The SMILES string of the molecule is CN(Cc1ccc(Cl)cc1)C(=O)COc1ccc(C(C)(C)C)cc1Br. The molecule has 0 radical (unpaired) electrons. The molecular formula is C20H23BrClNO2. The van der Waals surface area contributed by atoms with E-state index in [1.54, 1.807) is 11.9 Å². The highest BCUT2D eigenvalue weighted by Gasteiger charge is 2.16. The van der Waals surface area contributed by atoms with Gasteiger partial charge in [-0.3, -0.25) is 4.79 Å². The summed E-state index contributed by atoms with van der Waals surface area (Å²) in [6, 6.07) is 13.4. The molecule has 2 aromatic rings. The van der Waals surface area contributed by atoms with Gasteiger partial charge in [0.2, 0.25) is 0 Å². The maximum atomic E-state index is 12.3. The van der Waals surface area contributed by atoms with E-state index < -0.39 is 0 Å². The molecule has 0 N–H and O–H groups in total. The topological polar surface area (TPSA) is 29.5 Å². The molecule has 0 aliphatic heterocycles. The molecule has 0 saturated carbocycles. The highest BCUT2D eigenvalue weighted by atomic mass is 79.9. The average Bonchev–Trinajstić information content (AvgIpc) is 2.54. The first-order valence-corrected chi connectivity index (χ1v) is 9.25. The second-order valence-electron chi connectivity index (χ2n) is 7.06. The molecule has 0 atom stereocenters. The Morgan fingerprint density at radius 1 is 1.16 bits per heavy atom. The fraction of sp³-hybridized carbons (Fsp3) is 0.350. The quantitative estimate of drug-likeness (QED) is 0.640. The zero-order valence-corrected chi connectivity index (χ0v) is 17.3. The summed E-state index contributed by atoms with van der Waals surface area (Å²) >= 11 is 9.40. The zero-order valence-electron chi connectivity index (χ0n) is 15.0. The monoisotopic (exact) mass is 423 g/mol. The summed E-state index contributed by atoms with van der Waals surface area (Å²) in [4.78, 5) is 13.9. The number of amides is 1. The van der Waals surface area contributed by atoms with Crippen LogP contribution in [0.4, 0.5) is 0 Å². The largest absolute Gasteiger partial charge is 0.483 e. The van der Waals surface area contributed by atoms with Crippen molar-refractivity contribution in [3.63, 3.8) is 0 Å². The van der Waals surface area contributed by atoms with Crippen LogP contribution in [0, 0.1) is 0 Å². The highest BCUT2D eigenvalue weighted by Crippen LogP contribution is 2.31. The number of ether oxygens (including phenoxy) is 1. The predicted molar refractivity (Wildman–Crippen MR) is 106 cm³/mol. The maximum absolute atomic E-state index is 12.3. The van der Waals surface area contributed by atoms with E-state index in [0.29, 0.717) is 17.3 Å². The lowest BCUT2D eigenvalue weighted by atomic mass is 9.87. The van der Waals surface area contributed by atoms with E-state index in [-0.39, 0.29) is 17.9 Å². The fourth-order valence-electron chi connectivity index (χ4n) is 2.29. The third-order valence-corrected chi connectivity index (χ3v) is 4.78. The van der Waals surface area contributed by atoms with E-state index >= 15 is 0 Å². The Bertz CT molecular complexity index is 738. The summed E-state index contributed by atoms with van der Waals surface area (Å²) in [6.07, 6.45) is 0. The summed E-state index contributed by atoms with van der Waals surface area (Å²) in [5.41, 5.74) is 2.30. The van der Waals surface area contributed by atoms with Crippen LogP contribution >= 0.6 is 27.5 Å². The van der Waals surface area contributed by atoms with E-state index in [0.717, 1.165) is 10.0 Å². The van der Waals surface area contributed by atoms with Crippen LogP contribution in [-0.2, 0) is 16.8 Å². The van der Waals surface area contributed by atoms with Gasteiger partial charge in [0, 0.05) is 18.6 Å². The Kier molecular flexibility index (Phi) is 6.53. The maximum Gasteiger partial charge on any atom is 0.260 e. The molecule has 0 heterocycles. The standard InChI is InChI=1S/C20H23BrClNO2/c1-20(2,3)15-7-10-18(17(21)11-15)25-13-19(24)23(4)12-14-5-8-16(22)9-6-14/h5-11H,12-13H2,1-4H3. The van der Waals surface area contributed by atoms with Crippen LogP contribution in [0.1, 0.15) is 31.9 Å². The predicted octanol–water partition coefficient (Wildman–Crippen LogP) is 5.44. The molecule has 2 rings (SSSR count). The molecule has 0 bridgehead atoms. The third kappa shape index (κ3) is 5.75. The van der Waals surface area contributed by atoms with Gasteiger partial charge in [-0.25, -0.2) is 0 Å². The molecule has 0 aromatic heterocycles. The van der Waals surface area contributed by atoms with Crippen molar-refractivity contribution < 1.29 is 9.53 Å². The van der Waals surface area contributed by atoms with Crippen molar-refractivity contribution in [3.05, 3.63) is 63.1 Å². The van der Waals surface area contributed by atoms with E-state index in [4.69, 9.17) is 16.3 Å². The number of halogens is 2. The number of hydrogen-bond acceptors (Lipinski definition) is 2. The molecule has 0 spiro atoms. The Balaban J connectivity index is 1.94. The lowest BCUT2D eigenvalue weighted by molar-refractivity contribution is -0.132. The lowest BCUT2D eigenvalue weighted by Gasteiger charge is -2.21. The van der Waals surface area contributed by atoms with Crippen molar-refractivity contribution >= 4 is 33.4 Å². The van der Waals surface area contributed by atoms with Gasteiger partial charge in [-0.15, -0.1) is 0 Å². The molecule has 0 aliphatic rings. The normalized spacial score (nSPS) is 11.3. The highest BCUT2D eigenvalue weighted by molar-refractivity contribution is 9.10. The van der Waals surface area contributed by atoms with E-state index in [1.807, 2.05) is 42.5 Å². The molecule has 25 heavy (non-hydrogen) atoms. The minimum Gasteiger partial charge on any atom is -0.483 e. The van der Waals surface area contributed by atoms with Crippen molar-refractivity contribution in [3.8, 4) is 5.75 Å². The number of carbonyl (C=O) groups is 1. The van der Waals surface area contributed by atoms with Gasteiger partial charge >= 0.3 is 0 Å². The second kappa shape index (κ2) is 8.24. The van der Waals surface area contributed by atoms with Gasteiger partial charge < -0.3 is 9.64 Å². The Labute approximate surface area is 163 Å². The summed E-state index contributed by atoms with van der Waals surface area (Å²) in [5.74, 6) is 0.586. The summed E-state index contributed by atoms with van der Waals surface area (Å²) in [7, 11) is 1.76. The molecular weight excluding hydrogens is 402 g/mol. The van der Waals surface area contributed by atoms with Gasteiger partial charge in [-0.05, 0) is 56.7 Å². The fourth-order valence-corrected chi connectivity index (χ4v) is 2.91. The van der Waals surface area contributed by atoms with E-state index in [2.05, 4.69) is 36.7 Å². The van der Waals surface area contributed by atoms with Crippen LogP contribution in [0.25, 0.3) is 0 Å². The zero-order chi connectivity index (χ0) is 18.6. The second-order valence-corrected chi connectivity index (χ2v) is 8.35. The molecule has 0 aliphatic carbocycles. The van der Waals surface area contributed by atoms with Crippen LogP contribution in [0.15, 0.2) is 46.9 Å². The minimum absolute atomic E-state index is 0.00243. The number of benzene rings is 2. The molecule has 0 unspecified atom stereocenters. The van der Waals surface area contributed by atoms with Crippen LogP contribution in [-0.4, -0.2) is 24.5 Å². The van der Waals surface area contributed by atoms with Crippen LogP contribution in [0.3, 0.4) is 0 Å². The molecule has 5 heteroatoms. The van der Waals surface area contributed by atoms with Crippen LogP contribution < -0.4 is 4.74 Å². The van der Waals surface area contributed by atoms with E-state index in [1.165, 1.54) is 5.56 Å². The van der Waals surface area contributed by atoms with Crippen molar-refractivity contribution in [2.75, 3.05) is 13.7 Å². The third-order valence-electron chi connectivity index (χ3n) is 3.91. The Morgan fingerprint density at radius 2 is 1.80 bits per heavy atom. The van der Waals surface area contributed by atoms with Gasteiger partial charge in [-0.2, -0.15) is 0 Å². The first-order valence-electron chi connectivity index (χ1n) is 8.08. The van der Waals surface area contributed by atoms with Crippen LogP contribution in [0.5, 0.6) is 5.75 Å². The van der Waals surface area contributed by atoms with Crippen molar-refractivity contribution in [2.24, 2.45) is 0 Å². The summed E-state index contributed by atoms with van der Waals surface area (Å²) < 4.78 is 6.54. The van der Waals surface area contributed by atoms with Crippen LogP contribution in [0.2, 0.25) is 5.02 Å².